The third kappa shape index (κ3) is 6.85. The fourth-order valence-electron chi connectivity index (χ4n) is 4.13. The van der Waals surface area contributed by atoms with Crippen LogP contribution >= 0.6 is 23.2 Å². The number of hydrogen-bond donors (Lipinski definition) is 0. The van der Waals surface area contributed by atoms with Gasteiger partial charge in [-0.1, -0.05) is 35.3 Å². The number of rotatable bonds is 10. The van der Waals surface area contributed by atoms with Gasteiger partial charge in [0.15, 0.2) is 11.5 Å². The van der Waals surface area contributed by atoms with Gasteiger partial charge in [-0.3, -0.25) is 9.69 Å². The first kappa shape index (κ1) is 31.1. The van der Waals surface area contributed by atoms with Crippen LogP contribution in [0, 0.1) is 0 Å². The lowest BCUT2D eigenvalue weighted by Crippen LogP contribution is -2.55. The summed E-state index contributed by atoms with van der Waals surface area (Å²) in [5, 5.41) is 0.679. The average molecular weight is 568 g/mol. The molecule has 0 aliphatic heterocycles. The Hall–Kier alpha value is -3.10. The fourth-order valence-corrected chi connectivity index (χ4v) is 4.43. The summed E-state index contributed by atoms with van der Waals surface area (Å²) in [7, 11) is 7.71. The molecule has 38 heavy (non-hydrogen) atoms. The highest BCUT2D eigenvalue weighted by atomic mass is 35.5. The summed E-state index contributed by atoms with van der Waals surface area (Å²) in [5.74, 6) is 0.721. The van der Waals surface area contributed by atoms with E-state index in [4.69, 9.17) is 42.1 Å². The molecule has 0 saturated carbocycles. The maximum absolute atomic E-state index is 13.7. The number of halogens is 2. The molecule has 0 fully saturated rings. The second-order valence-corrected chi connectivity index (χ2v) is 10.6. The van der Waals surface area contributed by atoms with Crippen LogP contribution in [0.3, 0.4) is 0 Å². The molecule has 8 nitrogen and oxygen atoms in total. The van der Waals surface area contributed by atoms with Crippen molar-refractivity contribution in [2.24, 2.45) is 0 Å². The standard InChI is InChI=1S/C28H36Cl2N2O6/c1-10-13-28(19-11-12-20(29)21(30)16-19,32(6)26(34)38-27(2,3)4)17-31(5)25(33)18-14-22(35-7)24(37-9)23(15-18)36-8/h10-12,14-16H,1,13,17H2,2-9H3/t28-/m1/s1. The van der Waals surface area contributed by atoms with Gasteiger partial charge in [0.05, 0.1) is 36.9 Å². The Morgan fingerprint density at radius 3 is 1.97 bits per heavy atom. The molecule has 0 unspecified atom stereocenters. The molecule has 10 heteroatoms. The Balaban J connectivity index is 2.63. The van der Waals surface area contributed by atoms with Crippen LogP contribution in [0.15, 0.2) is 43.0 Å². The molecular weight excluding hydrogens is 531 g/mol. The van der Waals surface area contributed by atoms with Gasteiger partial charge < -0.3 is 23.8 Å². The quantitative estimate of drug-likeness (QED) is 0.308. The summed E-state index contributed by atoms with van der Waals surface area (Å²) in [6.45, 7) is 9.34. The van der Waals surface area contributed by atoms with Gasteiger partial charge in [0.2, 0.25) is 5.75 Å². The van der Waals surface area contributed by atoms with Crippen LogP contribution in [0.1, 0.15) is 43.1 Å². The zero-order valence-electron chi connectivity index (χ0n) is 23.2. The molecule has 2 aromatic rings. The molecule has 0 N–H and O–H groups in total. The van der Waals surface area contributed by atoms with Crippen molar-refractivity contribution >= 4 is 35.2 Å². The molecule has 0 bridgehead atoms. The molecule has 0 radical (unpaired) electrons. The molecule has 0 aliphatic carbocycles. The number of ether oxygens (including phenoxy) is 4. The molecule has 2 aromatic carbocycles. The second kappa shape index (κ2) is 12.6. The van der Waals surface area contributed by atoms with Gasteiger partial charge in [-0.2, -0.15) is 0 Å². The first-order valence-corrected chi connectivity index (χ1v) is 12.6. The number of likely N-dealkylation sites (N-methyl/N-ethyl adjacent to an activating group) is 2. The van der Waals surface area contributed by atoms with Crippen molar-refractivity contribution in [3.05, 3.63) is 64.2 Å². The van der Waals surface area contributed by atoms with Crippen LogP contribution in [-0.2, 0) is 10.3 Å². The van der Waals surface area contributed by atoms with E-state index in [0.29, 0.717) is 38.4 Å². The van der Waals surface area contributed by atoms with Gasteiger partial charge in [-0.25, -0.2) is 4.79 Å². The Labute approximate surface area is 235 Å². The number of carbonyl (C=O) groups excluding carboxylic acids is 2. The van der Waals surface area contributed by atoms with Crippen LogP contribution in [-0.4, -0.2) is 69.4 Å². The summed E-state index contributed by atoms with van der Waals surface area (Å²) < 4.78 is 21.9. The Bertz CT molecular complexity index is 1160. The van der Waals surface area contributed by atoms with Crippen molar-refractivity contribution in [1.29, 1.82) is 0 Å². The smallest absolute Gasteiger partial charge is 0.410 e. The maximum atomic E-state index is 13.7. The minimum atomic E-state index is -1.09. The zero-order valence-corrected chi connectivity index (χ0v) is 24.7. The number of hydrogen-bond acceptors (Lipinski definition) is 6. The minimum absolute atomic E-state index is 0.0716. The van der Waals surface area contributed by atoms with Crippen molar-refractivity contribution in [3.8, 4) is 17.2 Å². The van der Waals surface area contributed by atoms with E-state index in [2.05, 4.69) is 6.58 Å². The van der Waals surface area contributed by atoms with Gasteiger partial charge in [0.25, 0.3) is 5.91 Å². The minimum Gasteiger partial charge on any atom is -0.493 e. The zero-order chi connectivity index (χ0) is 28.8. The van der Waals surface area contributed by atoms with Gasteiger partial charge in [0.1, 0.15) is 5.60 Å². The summed E-state index contributed by atoms with van der Waals surface area (Å²) in [6, 6.07) is 8.27. The first-order valence-electron chi connectivity index (χ1n) is 11.8. The summed E-state index contributed by atoms with van der Waals surface area (Å²) >= 11 is 12.6. The predicted octanol–water partition coefficient (Wildman–Crippen LogP) is 6.43. The molecule has 2 amide bonds. The van der Waals surface area contributed by atoms with Gasteiger partial charge in [-0.05, 0) is 57.0 Å². The van der Waals surface area contributed by atoms with E-state index < -0.39 is 17.2 Å². The molecule has 2 rings (SSSR count). The highest BCUT2D eigenvalue weighted by Gasteiger charge is 2.42. The molecule has 0 aliphatic rings. The lowest BCUT2D eigenvalue weighted by molar-refractivity contribution is -0.00257. The van der Waals surface area contributed by atoms with E-state index in [0.717, 1.165) is 0 Å². The largest absolute Gasteiger partial charge is 0.493 e. The molecule has 0 saturated heterocycles. The molecule has 0 heterocycles. The van der Waals surface area contributed by atoms with Crippen LogP contribution in [0.25, 0.3) is 0 Å². The summed E-state index contributed by atoms with van der Waals surface area (Å²) in [4.78, 5) is 30.0. The number of nitrogens with zero attached hydrogens (tertiary/aromatic N) is 2. The average Bonchev–Trinajstić information content (AvgIpc) is 2.86. The fraction of sp³-hybridized carbons (Fsp3) is 0.429. The molecule has 0 spiro atoms. The Kier molecular flexibility index (Phi) is 10.3. The van der Waals surface area contributed by atoms with E-state index >= 15 is 0 Å². The van der Waals surface area contributed by atoms with Gasteiger partial charge >= 0.3 is 6.09 Å². The predicted molar refractivity (Wildman–Crippen MR) is 150 cm³/mol. The van der Waals surface area contributed by atoms with Gasteiger partial charge in [0, 0.05) is 26.2 Å². The maximum Gasteiger partial charge on any atom is 0.410 e. The summed E-state index contributed by atoms with van der Waals surface area (Å²) in [6.07, 6.45) is 1.40. The third-order valence-electron chi connectivity index (χ3n) is 6.01. The SMILES string of the molecule is C=CC[C@@](CN(C)C(=O)c1cc(OC)c(OC)c(OC)c1)(c1ccc(Cl)c(Cl)c1)N(C)C(=O)OC(C)(C)C. The number of carbonyl (C=O) groups is 2. The van der Waals surface area contributed by atoms with Crippen LogP contribution in [0.5, 0.6) is 17.2 Å². The van der Waals surface area contributed by atoms with E-state index in [9.17, 15) is 9.59 Å². The second-order valence-electron chi connectivity index (χ2n) is 9.77. The van der Waals surface area contributed by atoms with Crippen molar-refractivity contribution < 1.29 is 28.5 Å². The van der Waals surface area contributed by atoms with E-state index in [1.54, 1.807) is 71.3 Å². The van der Waals surface area contributed by atoms with Gasteiger partial charge in [-0.15, -0.1) is 6.58 Å². The van der Waals surface area contributed by atoms with E-state index in [1.807, 2.05) is 0 Å². The van der Waals surface area contributed by atoms with Crippen molar-refractivity contribution in [3.63, 3.8) is 0 Å². The topological polar surface area (TPSA) is 77.5 Å². The molecule has 0 aromatic heterocycles. The molecule has 1 atom stereocenters. The van der Waals surface area contributed by atoms with Crippen molar-refractivity contribution in [2.75, 3.05) is 42.0 Å². The third-order valence-corrected chi connectivity index (χ3v) is 6.74. The Morgan fingerprint density at radius 2 is 1.53 bits per heavy atom. The van der Waals surface area contributed by atoms with Crippen LogP contribution in [0.2, 0.25) is 10.0 Å². The van der Waals surface area contributed by atoms with E-state index in [-0.39, 0.29) is 18.9 Å². The van der Waals surface area contributed by atoms with Crippen LogP contribution in [0.4, 0.5) is 4.79 Å². The number of amides is 2. The molecule has 208 valence electrons. The number of benzene rings is 2. The first-order chi connectivity index (χ1) is 17.7. The lowest BCUT2D eigenvalue weighted by Gasteiger charge is -2.44. The van der Waals surface area contributed by atoms with Crippen molar-refractivity contribution in [1.82, 2.24) is 9.80 Å². The number of methoxy groups -OCH3 is 3. The van der Waals surface area contributed by atoms with Crippen LogP contribution < -0.4 is 14.2 Å². The highest BCUT2D eigenvalue weighted by Crippen LogP contribution is 2.40. The monoisotopic (exact) mass is 566 g/mol. The normalized spacial score (nSPS) is 12.7. The van der Waals surface area contributed by atoms with E-state index in [1.165, 1.54) is 31.1 Å². The highest BCUT2D eigenvalue weighted by molar-refractivity contribution is 6.42. The summed E-state index contributed by atoms with van der Waals surface area (Å²) in [5.41, 5.74) is -0.863. The Morgan fingerprint density at radius 1 is 0.947 bits per heavy atom. The lowest BCUT2D eigenvalue weighted by atomic mass is 9.84. The van der Waals surface area contributed by atoms with Crippen molar-refractivity contribution in [2.45, 2.75) is 38.3 Å². The molecular formula is C28H36Cl2N2O6.